The standard InChI is InChI=1S/C21H22N2O7S2/c1-15(17-8-5-9-18(14-17)19(24)16-6-3-2-4-7-16)20(25)22-21(26)29-10-12-31-32-13-11-30-23(27)28/h2-9,14-15H,10-13H2,1H3,(H,22,25,26). The van der Waals surface area contributed by atoms with Gasteiger partial charge in [-0.2, -0.15) is 0 Å². The number of nitrogens with zero attached hydrogens (tertiary/aromatic N) is 1. The smallest absolute Gasteiger partial charge is 0.413 e. The van der Waals surface area contributed by atoms with Gasteiger partial charge in [0, 0.05) is 22.6 Å². The van der Waals surface area contributed by atoms with Crippen molar-refractivity contribution in [1.82, 2.24) is 5.32 Å². The highest BCUT2D eigenvalue weighted by atomic mass is 33.1. The molecule has 0 heterocycles. The van der Waals surface area contributed by atoms with Crippen molar-refractivity contribution in [2.24, 2.45) is 0 Å². The van der Waals surface area contributed by atoms with Gasteiger partial charge in [-0.1, -0.05) is 70.1 Å². The number of nitrogens with one attached hydrogen (secondary N) is 1. The number of hydrogen-bond acceptors (Lipinski definition) is 9. The minimum Gasteiger partial charge on any atom is -0.448 e. The lowest BCUT2D eigenvalue weighted by Crippen LogP contribution is -2.34. The Bertz CT molecular complexity index is 941. The summed E-state index contributed by atoms with van der Waals surface area (Å²) in [5, 5.41) is 11.3. The summed E-state index contributed by atoms with van der Waals surface area (Å²) in [6.07, 6.45) is -0.861. The number of ether oxygens (including phenoxy) is 1. The maximum Gasteiger partial charge on any atom is 0.413 e. The van der Waals surface area contributed by atoms with Crippen LogP contribution in [0.3, 0.4) is 0 Å². The fourth-order valence-corrected chi connectivity index (χ4v) is 4.18. The zero-order valence-corrected chi connectivity index (χ0v) is 18.9. The first-order valence-corrected chi connectivity index (χ1v) is 12.1. The molecule has 2 aromatic rings. The van der Waals surface area contributed by atoms with Crippen LogP contribution in [0.2, 0.25) is 0 Å². The van der Waals surface area contributed by atoms with Gasteiger partial charge in [-0.3, -0.25) is 14.9 Å². The molecule has 11 heteroatoms. The lowest BCUT2D eigenvalue weighted by Gasteiger charge is -2.13. The Morgan fingerprint density at radius 1 is 1.00 bits per heavy atom. The van der Waals surface area contributed by atoms with Gasteiger partial charge in [-0.05, 0) is 18.6 Å². The van der Waals surface area contributed by atoms with Crippen LogP contribution in [0.5, 0.6) is 0 Å². The number of amides is 2. The van der Waals surface area contributed by atoms with Gasteiger partial charge in [-0.15, -0.1) is 10.1 Å². The molecule has 0 bridgehead atoms. The summed E-state index contributed by atoms with van der Waals surface area (Å²) < 4.78 is 4.96. The summed E-state index contributed by atoms with van der Waals surface area (Å²) in [6.45, 7) is 1.69. The van der Waals surface area contributed by atoms with E-state index in [-0.39, 0.29) is 19.0 Å². The first kappa shape index (κ1) is 25.2. The molecule has 0 radical (unpaired) electrons. The summed E-state index contributed by atoms with van der Waals surface area (Å²) in [6, 6.07) is 15.5. The highest BCUT2D eigenvalue weighted by Crippen LogP contribution is 2.21. The van der Waals surface area contributed by atoms with Crippen molar-refractivity contribution < 1.29 is 29.0 Å². The van der Waals surface area contributed by atoms with Gasteiger partial charge in [0.2, 0.25) is 5.91 Å². The van der Waals surface area contributed by atoms with E-state index in [2.05, 4.69) is 10.2 Å². The minimum absolute atomic E-state index is 0.0173. The van der Waals surface area contributed by atoms with Crippen LogP contribution in [0.25, 0.3) is 0 Å². The quantitative estimate of drug-likeness (QED) is 0.159. The summed E-state index contributed by atoms with van der Waals surface area (Å²) in [4.78, 5) is 51.0. The Kier molecular flexibility index (Phi) is 10.5. The number of imide groups is 1. The molecule has 0 fully saturated rings. The topological polar surface area (TPSA) is 125 Å². The van der Waals surface area contributed by atoms with Crippen LogP contribution in [0.15, 0.2) is 54.6 Å². The molecule has 9 nitrogen and oxygen atoms in total. The molecule has 1 unspecified atom stereocenters. The summed E-state index contributed by atoms with van der Waals surface area (Å²) >= 11 is 0. The van der Waals surface area contributed by atoms with E-state index in [0.717, 1.165) is 0 Å². The predicted octanol–water partition coefficient (Wildman–Crippen LogP) is 3.86. The molecule has 0 aliphatic heterocycles. The molecule has 32 heavy (non-hydrogen) atoms. The number of benzene rings is 2. The Hall–Kier alpha value is -3.05. The number of hydrogen-bond donors (Lipinski definition) is 1. The first-order chi connectivity index (χ1) is 15.4. The van der Waals surface area contributed by atoms with E-state index in [4.69, 9.17) is 4.74 Å². The first-order valence-electron chi connectivity index (χ1n) is 9.57. The van der Waals surface area contributed by atoms with Crippen molar-refractivity contribution >= 4 is 39.4 Å². The lowest BCUT2D eigenvalue weighted by atomic mass is 9.95. The molecule has 2 amide bonds. The zero-order chi connectivity index (χ0) is 23.3. The van der Waals surface area contributed by atoms with Crippen LogP contribution in [-0.2, 0) is 14.4 Å². The second-order valence-electron chi connectivity index (χ2n) is 6.37. The average molecular weight is 479 g/mol. The van der Waals surface area contributed by atoms with E-state index in [1.807, 2.05) is 6.07 Å². The van der Waals surface area contributed by atoms with Gasteiger partial charge < -0.3 is 9.57 Å². The predicted molar refractivity (Wildman–Crippen MR) is 122 cm³/mol. The van der Waals surface area contributed by atoms with Gasteiger partial charge in [0.25, 0.3) is 5.09 Å². The number of ketones is 1. The molecule has 0 aliphatic carbocycles. The Morgan fingerprint density at radius 2 is 1.66 bits per heavy atom. The Labute approximate surface area is 192 Å². The van der Waals surface area contributed by atoms with Crippen LogP contribution in [-0.4, -0.2) is 47.6 Å². The monoisotopic (exact) mass is 478 g/mol. The maximum absolute atomic E-state index is 12.6. The summed E-state index contributed by atoms with van der Waals surface area (Å²) in [5.74, 6) is -0.500. The molecule has 0 aliphatic rings. The molecule has 0 aromatic heterocycles. The minimum atomic E-state index is -0.861. The van der Waals surface area contributed by atoms with Crippen molar-refractivity contribution in [2.75, 3.05) is 24.7 Å². The number of carbonyl (C=O) groups is 3. The SMILES string of the molecule is CC(C(=O)NC(=O)OCCSSCCO[N+](=O)[O-])c1cccc(C(=O)c2ccccc2)c1. The second-order valence-corrected chi connectivity index (χ2v) is 9.07. The molecule has 1 N–H and O–H groups in total. The van der Waals surface area contributed by atoms with Crippen molar-refractivity contribution in [2.45, 2.75) is 12.8 Å². The van der Waals surface area contributed by atoms with Gasteiger partial charge >= 0.3 is 6.09 Å². The molecule has 2 aromatic carbocycles. The second kappa shape index (κ2) is 13.4. The van der Waals surface area contributed by atoms with Crippen molar-refractivity contribution in [1.29, 1.82) is 0 Å². The molecule has 2 rings (SSSR count). The molecule has 0 saturated heterocycles. The molecule has 1 atom stereocenters. The van der Waals surface area contributed by atoms with Crippen molar-refractivity contribution in [3.05, 3.63) is 81.4 Å². The molecular formula is C21H22N2O7S2. The van der Waals surface area contributed by atoms with Crippen LogP contribution in [0.1, 0.15) is 34.3 Å². The lowest BCUT2D eigenvalue weighted by molar-refractivity contribution is -0.756. The van der Waals surface area contributed by atoms with Crippen LogP contribution < -0.4 is 5.32 Å². The van der Waals surface area contributed by atoms with E-state index in [9.17, 15) is 24.5 Å². The Morgan fingerprint density at radius 3 is 2.34 bits per heavy atom. The van der Waals surface area contributed by atoms with E-state index in [0.29, 0.717) is 28.2 Å². The normalized spacial score (nSPS) is 11.3. The van der Waals surface area contributed by atoms with Gasteiger partial charge in [0.1, 0.15) is 13.2 Å². The average Bonchev–Trinajstić information content (AvgIpc) is 2.80. The Balaban J connectivity index is 1.77. The third-order valence-corrected chi connectivity index (χ3v) is 6.48. The zero-order valence-electron chi connectivity index (χ0n) is 17.2. The van der Waals surface area contributed by atoms with E-state index in [1.165, 1.54) is 21.6 Å². The number of rotatable bonds is 12. The van der Waals surface area contributed by atoms with E-state index >= 15 is 0 Å². The number of alkyl carbamates (subject to hydrolysis) is 1. The third kappa shape index (κ3) is 8.60. The fourth-order valence-electron chi connectivity index (χ4n) is 2.53. The van der Waals surface area contributed by atoms with Crippen molar-refractivity contribution in [3.8, 4) is 0 Å². The van der Waals surface area contributed by atoms with E-state index < -0.39 is 23.0 Å². The molecule has 0 saturated carbocycles. The van der Waals surface area contributed by atoms with Gasteiger partial charge in [0.15, 0.2) is 5.78 Å². The summed E-state index contributed by atoms with van der Waals surface area (Å²) in [7, 11) is 2.71. The maximum atomic E-state index is 12.6. The van der Waals surface area contributed by atoms with Gasteiger partial charge in [0.05, 0.1) is 5.92 Å². The highest BCUT2D eigenvalue weighted by molar-refractivity contribution is 8.76. The molecular weight excluding hydrogens is 456 g/mol. The van der Waals surface area contributed by atoms with Crippen LogP contribution >= 0.6 is 21.6 Å². The third-order valence-electron chi connectivity index (χ3n) is 4.15. The van der Waals surface area contributed by atoms with Crippen LogP contribution in [0, 0.1) is 10.1 Å². The highest BCUT2D eigenvalue weighted by Gasteiger charge is 2.20. The molecule has 0 spiro atoms. The van der Waals surface area contributed by atoms with E-state index in [1.54, 1.807) is 55.5 Å². The van der Waals surface area contributed by atoms with Gasteiger partial charge in [-0.25, -0.2) is 4.79 Å². The largest absolute Gasteiger partial charge is 0.448 e. The van der Waals surface area contributed by atoms with Crippen LogP contribution in [0.4, 0.5) is 4.79 Å². The molecule has 170 valence electrons. The fraction of sp³-hybridized carbons (Fsp3) is 0.286. The summed E-state index contributed by atoms with van der Waals surface area (Å²) in [5.41, 5.74) is 1.60. The van der Waals surface area contributed by atoms with Crippen molar-refractivity contribution in [3.63, 3.8) is 0 Å². The number of carbonyl (C=O) groups excluding carboxylic acids is 3.